The molecule has 0 radical (unpaired) electrons. The number of benzene rings is 2. The van der Waals surface area contributed by atoms with Crippen LogP contribution in [0.2, 0.25) is 5.02 Å². The summed E-state index contributed by atoms with van der Waals surface area (Å²) in [5.41, 5.74) is 3.52. The maximum absolute atomic E-state index is 14.8. The minimum atomic E-state index is -1.37. The van der Waals surface area contributed by atoms with Gasteiger partial charge in [0.05, 0.1) is 33.0 Å². The Hall–Kier alpha value is -3.40. The van der Waals surface area contributed by atoms with E-state index in [1.165, 1.54) is 12.1 Å². The fraction of sp³-hybridized carbons (Fsp3) is 0.125. The van der Waals surface area contributed by atoms with E-state index in [4.69, 9.17) is 11.6 Å². The van der Waals surface area contributed by atoms with E-state index in [9.17, 15) is 13.4 Å². The van der Waals surface area contributed by atoms with E-state index in [-0.39, 0.29) is 5.56 Å². The largest absolute Gasteiger partial charge is 0.322 e. The van der Waals surface area contributed by atoms with E-state index in [2.05, 4.69) is 15.3 Å². The van der Waals surface area contributed by atoms with Crippen LogP contribution in [0, 0.1) is 5.82 Å². The van der Waals surface area contributed by atoms with Crippen molar-refractivity contribution < 1.29 is 13.4 Å². The lowest BCUT2D eigenvalue weighted by Crippen LogP contribution is -2.24. The van der Waals surface area contributed by atoms with Crippen LogP contribution in [0.4, 0.5) is 15.8 Å². The van der Waals surface area contributed by atoms with Crippen LogP contribution in [-0.2, 0) is 11.2 Å². The van der Waals surface area contributed by atoms with Gasteiger partial charge in [-0.3, -0.25) is 14.1 Å². The van der Waals surface area contributed by atoms with E-state index in [1.807, 2.05) is 12.1 Å². The second kappa shape index (κ2) is 9.09. The van der Waals surface area contributed by atoms with Crippen molar-refractivity contribution in [2.45, 2.75) is 0 Å². The lowest BCUT2D eigenvalue weighted by molar-refractivity contribution is 0.102. The summed E-state index contributed by atoms with van der Waals surface area (Å²) in [6.45, 7) is 1.12. The molecule has 1 unspecified atom stereocenters. The molecule has 34 heavy (non-hydrogen) atoms. The number of hydrogen-bond acceptors (Lipinski definition) is 4. The number of fused-ring (bicyclic) bond motifs is 1. The van der Waals surface area contributed by atoms with Gasteiger partial charge in [0.15, 0.2) is 11.2 Å². The molecule has 7 nitrogen and oxygen atoms in total. The van der Waals surface area contributed by atoms with Gasteiger partial charge in [0.25, 0.3) is 5.91 Å². The standard InChI is InChI=1S/C24H19ClFN5O2S/c1-30-11-12-31(34(30)33)16-5-6-17(20(26)14-16)24(32)28-15-4-7-19(25)18(13-15)21-8-9-22-23(29-21)3-2-10-27-22/h2-10,13-14H,11-12H2,1H3,(H,28,32). The first-order valence-corrected chi connectivity index (χ1v) is 11.9. The summed E-state index contributed by atoms with van der Waals surface area (Å²) in [6.07, 6.45) is 1.70. The molecule has 10 heteroatoms. The number of likely N-dealkylation sites (N-methyl/N-ethyl adjacent to an activating group) is 1. The molecule has 0 bridgehead atoms. The molecular weight excluding hydrogens is 477 g/mol. The number of aromatic nitrogens is 2. The topological polar surface area (TPSA) is 78.4 Å². The summed E-state index contributed by atoms with van der Waals surface area (Å²) in [4.78, 5) is 21.7. The predicted octanol–water partition coefficient (Wildman–Crippen LogP) is 4.67. The summed E-state index contributed by atoms with van der Waals surface area (Å²) in [5, 5.41) is 3.18. The highest BCUT2D eigenvalue weighted by Crippen LogP contribution is 2.31. The lowest BCUT2D eigenvalue weighted by Gasteiger charge is -2.17. The Morgan fingerprint density at radius 1 is 1.09 bits per heavy atom. The van der Waals surface area contributed by atoms with E-state index in [0.717, 1.165) is 11.0 Å². The minimum Gasteiger partial charge on any atom is -0.322 e. The summed E-state index contributed by atoms with van der Waals surface area (Å²) < 4.78 is 30.3. The normalized spacial score (nSPS) is 16.2. The van der Waals surface area contributed by atoms with Gasteiger partial charge >= 0.3 is 0 Å². The van der Waals surface area contributed by atoms with E-state index < -0.39 is 22.9 Å². The summed E-state index contributed by atoms with van der Waals surface area (Å²) in [6, 6.07) is 16.5. The van der Waals surface area contributed by atoms with Crippen molar-refractivity contribution in [3.05, 3.63) is 83.3 Å². The highest BCUT2D eigenvalue weighted by molar-refractivity contribution is 7.84. The molecule has 4 aromatic rings. The van der Waals surface area contributed by atoms with Crippen LogP contribution in [0.25, 0.3) is 22.3 Å². The van der Waals surface area contributed by atoms with E-state index in [0.29, 0.717) is 40.7 Å². The molecule has 1 fully saturated rings. The van der Waals surface area contributed by atoms with Crippen LogP contribution >= 0.6 is 11.6 Å². The number of nitrogens with zero attached hydrogens (tertiary/aromatic N) is 4. The molecule has 0 aliphatic carbocycles. The van der Waals surface area contributed by atoms with Gasteiger partial charge in [-0.2, -0.15) is 0 Å². The van der Waals surface area contributed by atoms with Crippen LogP contribution in [0.5, 0.6) is 0 Å². The van der Waals surface area contributed by atoms with Crippen LogP contribution < -0.4 is 9.62 Å². The SMILES string of the molecule is CN1CCN(c2ccc(C(=O)Nc3ccc(Cl)c(-c4ccc5ncccc5n4)c3)c(F)c2)S1=O. The van der Waals surface area contributed by atoms with Gasteiger partial charge in [-0.25, -0.2) is 17.9 Å². The monoisotopic (exact) mass is 495 g/mol. The fourth-order valence-electron chi connectivity index (χ4n) is 3.72. The first-order valence-electron chi connectivity index (χ1n) is 10.4. The second-order valence-corrected chi connectivity index (χ2v) is 9.67. The molecule has 2 aromatic heterocycles. The van der Waals surface area contributed by atoms with Crippen molar-refractivity contribution in [2.75, 3.05) is 29.8 Å². The van der Waals surface area contributed by atoms with Crippen molar-refractivity contribution in [3.63, 3.8) is 0 Å². The molecular formula is C24H19ClFN5O2S. The molecule has 172 valence electrons. The van der Waals surface area contributed by atoms with Crippen molar-refractivity contribution in [2.24, 2.45) is 0 Å². The maximum atomic E-state index is 14.8. The Bertz CT molecular complexity index is 1450. The van der Waals surface area contributed by atoms with Gasteiger partial charge in [-0.05, 0) is 60.7 Å². The number of pyridine rings is 2. The Morgan fingerprint density at radius 2 is 1.94 bits per heavy atom. The number of amides is 1. The molecule has 1 amide bonds. The Morgan fingerprint density at radius 3 is 2.71 bits per heavy atom. The highest BCUT2D eigenvalue weighted by Gasteiger charge is 2.27. The molecule has 5 rings (SSSR count). The van der Waals surface area contributed by atoms with Crippen molar-refractivity contribution in [3.8, 4) is 11.3 Å². The molecule has 1 N–H and O–H groups in total. The number of anilines is 2. The van der Waals surface area contributed by atoms with Gasteiger partial charge in [0.2, 0.25) is 0 Å². The quantitative estimate of drug-likeness (QED) is 0.446. The second-order valence-electron chi connectivity index (χ2n) is 7.74. The first kappa shape index (κ1) is 22.4. The number of hydrogen-bond donors (Lipinski definition) is 1. The van der Waals surface area contributed by atoms with Crippen LogP contribution in [-0.4, -0.2) is 44.5 Å². The summed E-state index contributed by atoms with van der Waals surface area (Å²) in [7, 11) is 1.74. The van der Waals surface area contributed by atoms with Crippen LogP contribution in [0.1, 0.15) is 10.4 Å². The van der Waals surface area contributed by atoms with E-state index in [1.54, 1.807) is 58.3 Å². The lowest BCUT2D eigenvalue weighted by atomic mass is 10.1. The zero-order valence-corrected chi connectivity index (χ0v) is 19.6. The summed E-state index contributed by atoms with van der Waals surface area (Å²) in [5.74, 6) is -1.30. The number of nitrogens with one attached hydrogen (secondary N) is 1. The number of carbonyl (C=O) groups excluding carboxylic acids is 1. The third-order valence-electron chi connectivity index (χ3n) is 5.51. The minimum absolute atomic E-state index is 0.117. The Balaban J connectivity index is 1.39. The zero-order valence-electron chi connectivity index (χ0n) is 18.0. The van der Waals surface area contributed by atoms with Crippen LogP contribution in [0.3, 0.4) is 0 Å². The van der Waals surface area contributed by atoms with Gasteiger partial charge in [0.1, 0.15) is 5.82 Å². The zero-order chi connectivity index (χ0) is 23.8. The van der Waals surface area contributed by atoms with Crippen LogP contribution in [0.15, 0.2) is 66.9 Å². The molecule has 0 saturated carbocycles. The average molecular weight is 496 g/mol. The van der Waals surface area contributed by atoms with Gasteiger partial charge in [0, 0.05) is 37.6 Å². The van der Waals surface area contributed by atoms with Gasteiger partial charge in [-0.15, -0.1) is 0 Å². The smallest absolute Gasteiger partial charge is 0.258 e. The average Bonchev–Trinajstić information content (AvgIpc) is 3.18. The maximum Gasteiger partial charge on any atom is 0.258 e. The highest BCUT2D eigenvalue weighted by atomic mass is 35.5. The molecule has 0 spiro atoms. The summed E-state index contributed by atoms with van der Waals surface area (Å²) >= 11 is 5.03. The van der Waals surface area contributed by atoms with Crippen molar-refractivity contribution in [1.29, 1.82) is 0 Å². The Kier molecular flexibility index (Phi) is 5.99. The molecule has 1 saturated heterocycles. The third-order valence-corrected chi connectivity index (χ3v) is 7.33. The number of rotatable bonds is 4. The first-order chi connectivity index (χ1) is 16.4. The molecule has 3 heterocycles. The molecule has 2 aromatic carbocycles. The Labute approximate surface area is 202 Å². The predicted molar refractivity (Wildman–Crippen MR) is 132 cm³/mol. The fourth-order valence-corrected chi connectivity index (χ4v) is 5.04. The molecule has 1 aliphatic rings. The van der Waals surface area contributed by atoms with Gasteiger partial charge < -0.3 is 5.32 Å². The van der Waals surface area contributed by atoms with Crippen molar-refractivity contribution in [1.82, 2.24) is 14.3 Å². The molecule has 1 aliphatic heterocycles. The third kappa shape index (κ3) is 4.25. The molecule has 1 atom stereocenters. The van der Waals surface area contributed by atoms with Gasteiger partial charge in [-0.1, -0.05) is 11.6 Å². The van der Waals surface area contributed by atoms with Crippen molar-refractivity contribution >= 4 is 51.1 Å². The number of carbonyl (C=O) groups is 1. The van der Waals surface area contributed by atoms with E-state index >= 15 is 0 Å². The number of halogens is 2.